The van der Waals surface area contributed by atoms with Crippen LogP contribution in [0.3, 0.4) is 0 Å². The molecule has 5 rings (SSSR count). The van der Waals surface area contributed by atoms with Crippen molar-refractivity contribution in [3.8, 4) is 11.3 Å². The van der Waals surface area contributed by atoms with E-state index in [9.17, 15) is 13.2 Å². The number of furan rings is 1. The number of benzene rings is 2. The van der Waals surface area contributed by atoms with Gasteiger partial charge in [-0.25, -0.2) is 0 Å². The van der Waals surface area contributed by atoms with E-state index in [2.05, 4.69) is 17.1 Å². The summed E-state index contributed by atoms with van der Waals surface area (Å²) in [5.74, 6) is 0.562. The predicted octanol–water partition coefficient (Wildman–Crippen LogP) is 7.80. The summed E-state index contributed by atoms with van der Waals surface area (Å²) in [6, 6.07) is 13.8. The van der Waals surface area contributed by atoms with Crippen molar-refractivity contribution in [3.63, 3.8) is 0 Å². The predicted molar refractivity (Wildman–Crippen MR) is 113 cm³/mol. The molecule has 4 aromatic rings. The topological polar surface area (TPSA) is 26.0 Å². The number of aryl methyl sites for hydroxylation is 1. The summed E-state index contributed by atoms with van der Waals surface area (Å²) in [5, 5.41) is 2.88. The van der Waals surface area contributed by atoms with Crippen molar-refractivity contribution in [1.29, 1.82) is 0 Å². The molecule has 154 valence electrons. The first kappa shape index (κ1) is 19.2. The number of hydrogen-bond donors (Lipinski definition) is 0. The largest absolute Gasteiger partial charge is 0.464 e. The number of fused-ring (bicyclic) bond motifs is 2. The number of pyridine rings is 1. The lowest BCUT2D eigenvalue weighted by molar-refractivity contribution is -0.133. The van der Waals surface area contributed by atoms with Crippen LogP contribution in [0.4, 0.5) is 13.2 Å². The maximum absolute atomic E-state index is 12.6. The van der Waals surface area contributed by atoms with Gasteiger partial charge in [0.2, 0.25) is 0 Å². The van der Waals surface area contributed by atoms with E-state index in [-0.39, 0.29) is 6.42 Å². The molecule has 2 nitrogen and oxygen atoms in total. The lowest BCUT2D eigenvalue weighted by Crippen LogP contribution is -2.08. The van der Waals surface area contributed by atoms with Gasteiger partial charge in [0, 0.05) is 29.0 Å². The minimum absolute atomic E-state index is 0.0172. The van der Waals surface area contributed by atoms with Gasteiger partial charge < -0.3 is 4.42 Å². The van der Waals surface area contributed by atoms with Crippen LogP contribution in [-0.4, -0.2) is 11.2 Å². The quantitative estimate of drug-likeness (QED) is 0.344. The Hall–Kier alpha value is -2.82. The van der Waals surface area contributed by atoms with E-state index in [1.165, 1.54) is 31.2 Å². The number of hydrogen-bond acceptors (Lipinski definition) is 2. The molecule has 30 heavy (non-hydrogen) atoms. The SMILES string of the molecule is FC(F)(F)CCc1ccc2c(-c3cc(C4CCCC4)cc4ccoc34)nccc2c1. The molecule has 0 radical (unpaired) electrons. The van der Waals surface area contributed by atoms with Gasteiger partial charge in [-0.2, -0.15) is 13.2 Å². The normalized spacial score (nSPS) is 15.4. The van der Waals surface area contributed by atoms with Crippen molar-refractivity contribution < 1.29 is 17.6 Å². The van der Waals surface area contributed by atoms with Crippen LogP contribution in [0.15, 0.2) is 59.3 Å². The Morgan fingerprint density at radius 3 is 2.60 bits per heavy atom. The average molecular weight is 409 g/mol. The molecule has 0 N–H and O–H groups in total. The molecule has 2 aromatic carbocycles. The number of rotatable bonds is 4. The second-order valence-electron chi connectivity index (χ2n) is 8.22. The van der Waals surface area contributed by atoms with Crippen LogP contribution in [0.1, 0.15) is 49.1 Å². The van der Waals surface area contributed by atoms with Gasteiger partial charge in [-0.05, 0) is 66.0 Å². The highest BCUT2D eigenvalue weighted by atomic mass is 19.4. The Bertz CT molecular complexity index is 1200. The summed E-state index contributed by atoms with van der Waals surface area (Å²) in [4.78, 5) is 4.65. The van der Waals surface area contributed by atoms with E-state index in [0.717, 1.165) is 33.0 Å². The van der Waals surface area contributed by atoms with Crippen LogP contribution < -0.4 is 0 Å². The van der Waals surface area contributed by atoms with Crippen LogP contribution in [0.5, 0.6) is 0 Å². The van der Waals surface area contributed by atoms with E-state index in [4.69, 9.17) is 4.42 Å². The second kappa shape index (κ2) is 7.46. The summed E-state index contributed by atoms with van der Waals surface area (Å²) in [7, 11) is 0. The number of nitrogens with zero attached hydrogens (tertiary/aromatic N) is 1. The van der Waals surface area contributed by atoms with Crippen LogP contribution in [-0.2, 0) is 6.42 Å². The van der Waals surface area contributed by atoms with Gasteiger partial charge in [0.15, 0.2) is 0 Å². The molecule has 0 unspecified atom stereocenters. The van der Waals surface area contributed by atoms with Gasteiger partial charge in [0.1, 0.15) is 5.58 Å². The van der Waals surface area contributed by atoms with Crippen LogP contribution in [0, 0.1) is 0 Å². The van der Waals surface area contributed by atoms with Gasteiger partial charge in [0.25, 0.3) is 0 Å². The zero-order valence-corrected chi connectivity index (χ0v) is 16.5. The first-order chi connectivity index (χ1) is 14.5. The first-order valence-corrected chi connectivity index (χ1v) is 10.4. The summed E-state index contributed by atoms with van der Waals surface area (Å²) >= 11 is 0. The molecule has 1 aliphatic rings. The summed E-state index contributed by atoms with van der Waals surface area (Å²) in [5.41, 5.74) is 4.57. The monoisotopic (exact) mass is 409 g/mol. The maximum atomic E-state index is 12.6. The number of alkyl halides is 3. The van der Waals surface area contributed by atoms with Crippen molar-refractivity contribution in [2.75, 3.05) is 0 Å². The van der Waals surface area contributed by atoms with Crippen LogP contribution in [0.2, 0.25) is 0 Å². The molecule has 0 amide bonds. The number of aromatic nitrogens is 1. The zero-order chi connectivity index (χ0) is 20.7. The molecule has 0 saturated heterocycles. The minimum Gasteiger partial charge on any atom is -0.464 e. The maximum Gasteiger partial charge on any atom is 0.389 e. The molecule has 0 aliphatic heterocycles. The van der Waals surface area contributed by atoms with Crippen molar-refractivity contribution in [1.82, 2.24) is 4.98 Å². The fourth-order valence-electron chi connectivity index (χ4n) is 4.66. The lowest BCUT2D eigenvalue weighted by Gasteiger charge is -2.14. The molecular weight excluding hydrogens is 387 g/mol. The molecule has 1 aliphatic carbocycles. The fraction of sp³-hybridized carbons (Fsp3) is 0.320. The van der Waals surface area contributed by atoms with Crippen molar-refractivity contribution in [2.24, 2.45) is 0 Å². The molecule has 1 fully saturated rings. The average Bonchev–Trinajstić information content (AvgIpc) is 3.42. The summed E-state index contributed by atoms with van der Waals surface area (Å²) < 4.78 is 43.6. The summed E-state index contributed by atoms with van der Waals surface area (Å²) in [6.07, 6.45) is 3.37. The van der Waals surface area contributed by atoms with Gasteiger partial charge in [0.05, 0.1) is 12.0 Å². The third kappa shape index (κ3) is 3.69. The van der Waals surface area contributed by atoms with Crippen molar-refractivity contribution >= 4 is 21.7 Å². The zero-order valence-electron chi connectivity index (χ0n) is 16.5. The highest BCUT2D eigenvalue weighted by molar-refractivity contribution is 6.02. The molecular formula is C25H22F3NO. The number of halogens is 3. The van der Waals surface area contributed by atoms with E-state index < -0.39 is 12.6 Å². The lowest BCUT2D eigenvalue weighted by atomic mass is 9.92. The minimum atomic E-state index is -4.15. The third-order valence-corrected chi connectivity index (χ3v) is 6.18. The van der Waals surface area contributed by atoms with Gasteiger partial charge in [-0.15, -0.1) is 0 Å². The van der Waals surface area contributed by atoms with Crippen molar-refractivity contribution in [2.45, 2.75) is 50.6 Å². The first-order valence-electron chi connectivity index (χ1n) is 10.4. The molecule has 0 spiro atoms. The van der Waals surface area contributed by atoms with E-state index in [0.29, 0.717) is 11.5 Å². The highest BCUT2D eigenvalue weighted by Crippen LogP contribution is 2.40. The Morgan fingerprint density at radius 1 is 0.967 bits per heavy atom. The Labute approximate surface area is 172 Å². The Balaban J connectivity index is 1.60. The molecule has 1 saturated carbocycles. The third-order valence-electron chi connectivity index (χ3n) is 6.18. The molecule has 0 bridgehead atoms. The standard InChI is InChI=1S/C25H22F3NO/c26-25(27,28)10-7-16-5-6-21-18(13-16)8-11-29-23(21)22-15-20(17-3-1-2-4-17)14-19-9-12-30-24(19)22/h5-6,8-9,11-15,17H,1-4,7,10H2. The van der Waals surface area contributed by atoms with Crippen LogP contribution >= 0.6 is 0 Å². The molecule has 5 heteroatoms. The second-order valence-corrected chi connectivity index (χ2v) is 8.22. The summed E-state index contributed by atoms with van der Waals surface area (Å²) in [6.45, 7) is 0. The van der Waals surface area contributed by atoms with Gasteiger partial charge in [-0.3, -0.25) is 4.98 Å². The van der Waals surface area contributed by atoms with Gasteiger partial charge >= 0.3 is 6.18 Å². The van der Waals surface area contributed by atoms with E-state index in [1.54, 1.807) is 18.5 Å². The molecule has 2 heterocycles. The van der Waals surface area contributed by atoms with Crippen LogP contribution in [0.25, 0.3) is 33.0 Å². The molecule has 0 atom stereocenters. The highest BCUT2D eigenvalue weighted by Gasteiger charge is 2.26. The van der Waals surface area contributed by atoms with E-state index in [1.807, 2.05) is 24.3 Å². The van der Waals surface area contributed by atoms with Crippen molar-refractivity contribution in [3.05, 3.63) is 66.1 Å². The van der Waals surface area contributed by atoms with E-state index >= 15 is 0 Å². The molecule has 2 aromatic heterocycles. The smallest absolute Gasteiger partial charge is 0.389 e. The van der Waals surface area contributed by atoms with Gasteiger partial charge in [-0.1, -0.05) is 31.0 Å². The Kier molecular flexibility index (Phi) is 4.76. The fourth-order valence-corrected chi connectivity index (χ4v) is 4.66. The Morgan fingerprint density at radius 2 is 1.80 bits per heavy atom.